The number of nitrogens with one attached hydrogen (secondary N) is 2. The third-order valence-electron chi connectivity index (χ3n) is 1.10. The fraction of sp³-hybridized carbons (Fsp3) is 0. The number of halogens is 1. The summed E-state index contributed by atoms with van der Waals surface area (Å²) in [5.74, 6) is -0.300. The first-order chi connectivity index (χ1) is 5.18. The SMILES string of the molecule is [NH]C(=S)Nc1ccc(F)cc1. The van der Waals surface area contributed by atoms with Crippen LogP contribution in [0.2, 0.25) is 0 Å². The summed E-state index contributed by atoms with van der Waals surface area (Å²) in [5.41, 5.74) is 7.53. The average Bonchev–Trinajstić information content (AvgIpc) is 1.93. The zero-order valence-corrected chi connectivity index (χ0v) is 6.41. The van der Waals surface area contributed by atoms with Gasteiger partial charge in [0.25, 0.3) is 0 Å². The smallest absolute Gasteiger partial charge is 0.189 e. The van der Waals surface area contributed by atoms with Gasteiger partial charge in [0.1, 0.15) is 5.82 Å². The van der Waals surface area contributed by atoms with Gasteiger partial charge in [-0.2, -0.15) is 0 Å². The fourth-order valence-electron chi connectivity index (χ4n) is 0.664. The van der Waals surface area contributed by atoms with E-state index in [0.717, 1.165) is 0 Å². The third kappa shape index (κ3) is 2.51. The maximum absolute atomic E-state index is 12.3. The molecule has 0 aromatic heterocycles. The van der Waals surface area contributed by atoms with Crippen molar-refractivity contribution in [2.45, 2.75) is 0 Å². The van der Waals surface area contributed by atoms with Crippen LogP contribution in [0.15, 0.2) is 24.3 Å². The molecule has 0 saturated heterocycles. The van der Waals surface area contributed by atoms with Gasteiger partial charge in [0.15, 0.2) is 5.11 Å². The molecule has 0 spiro atoms. The number of thiocarbonyl (C=S) groups is 1. The Morgan fingerprint density at radius 2 is 1.91 bits per heavy atom. The molecule has 0 aliphatic heterocycles. The van der Waals surface area contributed by atoms with Crippen LogP contribution in [0, 0.1) is 5.82 Å². The molecule has 0 aliphatic rings. The standard InChI is InChI=1S/C7H6FN2S/c8-5-1-3-6(4-2-5)10-7(9)11/h1-4,9H,(H,10,11). The first-order valence-corrected chi connectivity index (χ1v) is 3.37. The lowest BCUT2D eigenvalue weighted by molar-refractivity contribution is 0.628. The van der Waals surface area contributed by atoms with Gasteiger partial charge in [0, 0.05) is 5.69 Å². The number of anilines is 1. The van der Waals surface area contributed by atoms with Crippen molar-refractivity contribution in [3.63, 3.8) is 0 Å². The van der Waals surface area contributed by atoms with Gasteiger partial charge in [0.2, 0.25) is 0 Å². The summed E-state index contributed by atoms with van der Waals surface area (Å²) in [6.45, 7) is 0. The average molecular weight is 169 g/mol. The van der Waals surface area contributed by atoms with E-state index in [0.29, 0.717) is 5.69 Å². The Hall–Kier alpha value is -1.16. The first kappa shape index (κ1) is 7.94. The van der Waals surface area contributed by atoms with E-state index in [4.69, 9.17) is 5.73 Å². The molecule has 0 aliphatic carbocycles. The second kappa shape index (κ2) is 3.30. The van der Waals surface area contributed by atoms with Crippen LogP contribution in [0.5, 0.6) is 0 Å². The number of rotatable bonds is 1. The molecule has 0 unspecified atom stereocenters. The Balaban J connectivity index is 2.74. The number of hydrogen-bond donors (Lipinski definition) is 1. The van der Waals surface area contributed by atoms with E-state index in [1.54, 1.807) is 0 Å². The van der Waals surface area contributed by atoms with Crippen LogP contribution >= 0.6 is 12.2 Å². The van der Waals surface area contributed by atoms with Crippen LogP contribution in [0.3, 0.4) is 0 Å². The molecular formula is C7H6FN2S. The molecule has 1 radical (unpaired) electrons. The van der Waals surface area contributed by atoms with E-state index < -0.39 is 0 Å². The molecule has 11 heavy (non-hydrogen) atoms. The van der Waals surface area contributed by atoms with Crippen molar-refractivity contribution >= 4 is 23.0 Å². The molecule has 0 bridgehead atoms. The predicted octanol–water partition coefficient (Wildman–Crippen LogP) is 1.81. The van der Waals surface area contributed by atoms with Gasteiger partial charge < -0.3 is 5.32 Å². The highest BCUT2D eigenvalue weighted by Crippen LogP contribution is 2.07. The summed E-state index contributed by atoms with van der Waals surface area (Å²) in [6, 6.07) is 5.66. The lowest BCUT2D eigenvalue weighted by Crippen LogP contribution is -2.08. The minimum absolute atomic E-state index is 0.0726. The van der Waals surface area contributed by atoms with Gasteiger partial charge in [-0.05, 0) is 36.5 Å². The molecule has 2 N–H and O–H groups in total. The van der Waals surface area contributed by atoms with Crippen molar-refractivity contribution in [1.29, 1.82) is 0 Å². The molecule has 0 atom stereocenters. The van der Waals surface area contributed by atoms with Crippen molar-refractivity contribution in [3.8, 4) is 0 Å². The minimum atomic E-state index is -0.300. The monoisotopic (exact) mass is 169 g/mol. The lowest BCUT2D eigenvalue weighted by Gasteiger charge is -2.00. The molecule has 57 valence electrons. The lowest BCUT2D eigenvalue weighted by atomic mass is 10.3. The molecule has 0 fully saturated rings. The quantitative estimate of drug-likeness (QED) is 0.651. The highest BCUT2D eigenvalue weighted by atomic mass is 32.1. The van der Waals surface area contributed by atoms with Crippen LogP contribution in [-0.4, -0.2) is 5.11 Å². The van der Waals surface area contributed by atoms with E-state index in [2.05, 4.69) is 17.5 Å². The van der Waals surface area contributed by atoms with Gasteiger partial charge in [-0.3, -0.25) is 5.73 Å². The molecular weight excluding hydrogens is 163 g/mol. The molecule has 0 amide bonds. The van der Waals surface area contributed by atoms with Crippen molar-refractivity contribution in [2.75, 3.05) is 5.32 Å². The molecule has 4 heteroatoms. The Labute approximate surface area is 69.2 Å². The summed E-state index contributed by atoms with van der Waals surface area (Å²) in [6.07, 6.45) is 0. The van der Waals surface area contributed by atoms with Gasteiger partial charge in [-0.15, -0.1) is 0 Å². The van der Waals surface area contributed by atoms with Crippen molar-refractivity contribution in [3.05, 3.63) is 30.1 Å². The fourth-order valence-corrected chi connectivity index (χ4v) is 0.782. The zero-order chi connectivity index (χ0) is 8.27. The highest BCUT2D eigenvalue weighted by Gasteiger charge is 1.92. The van der Waals surface area contributed by atoms with Gasteiger partial charge in [-0.25, -0.2) is 4.39 Å². The second-order valence-electron chi connectivity index (χ2n) is 1.96. The maximum atomic E-state index is 12.3. The van der Waals surface area contributed by atoms with E-state index in [9.17, 15) is 4.39 Å². The zero-order valence-electron chi connectivity index (χ0n) is 5.60. The minimum Gasteiger partial charge on any atom is -0.331 e. The van der Waals surface area contributed by atoms with Crippen molar-refractivity contribution in [1.82, 2.24) is 5.73 Å². The van der Waals surface area contributed by atoms with Crippen LogP contribution < -0.4 is 11.1 Å². The normalized spacial score (nSPS) is 9.18. The molecule has 1 aromatic rings. The van der Waals surface area contributed by atoms with Crippen molar-refractivity contribution < 1.29 is 4.39 Å². The first-order valence-electron chi connectivity index (χ1n) is 2.96. The summed E-state index contributed by atoms with van der Waals surface area (Å²) < 4.78 is 12.3. The summed E-state index contributed by atoms with van der Waals surface area (Å²) in [5, 5.41) is 2.49. The molecule has 1 aromatic carbocycles. The van der Waals surface area contributed by atoms with E-state index in [-0.39, 0.29) is 10.9 Å². The summed E-state index contributed by atoms with van der Waals surface area (Å²) in [7, 11) is 0. The maximum Gasteiger partial charge on any atom is 0.189 e. The Bertz CT molecular complexity index is 258. The second-order valence-corrected chi connectivity index (χ2v) is 2.37. The number of hydrogen-bond acceptors (Lipinski definition) is 1. The summed E-state index contributed by atoms with van der Waals surface area (Å²) in [4.78, 5) is 0. The third-order valence-corrected chi connectivity index (χ3v) is 1.20. The Kier molecular flexibility index (Phi) is 2.38. The Morgan fingerprint density at radius 3 is 2.36 bits per heavy atom. The topological polar surface area (TPSA) is 35.8 Å². The van der Waals surface area contributed by atoms with Gasteiger partial charge in [0.05, 0.1) is 0 Å². The molecule has 1 rings (SSSR count). The van der Waals surface area contributed by atoms with Crippen LogP contribution in [0.25, 0.3) is 0 Å². The van der Waals surface area contributed by atoms with Crippen LogP contribution in [0.1, 0.15) is 0 Å². The van der Waals surface area contributed by atoms with Crippen molar-refractivity contribution in [2.24, 2.45) is 0 Å². The molecule has 0 saturated carbocycles. The van der Waals surface area contributed by atoms with Crippen LogP contribution in [-0.2, 0) is 0 Å². The van der Waals surface area contributed by atoms with E-state index >= 15 is 0 Å². The Morgan fingerprint density at radius 1 is 1.36 bits per heavy atom. The summed E-state index contributed by atoms with van der Waals surface area (Å²) >= 11 is 4.47. The van der Waals surface area contributed by atoms with E-state index in [1.165, 1.54) is 24.3 Å². The van der Waals surface area contributed by atoms with Crippen LogP contribution in [0.4, 0.5) is 10.1 Å². The highest BCUT2D eigenvalue weighted by molar-refractivity contribution is 7.80. The van der Waals surface area contributed by atoms with E-state index in [1.807, 2.05) is 0 Å². The van der Waals surface area contributed by atoms with Gasteiger partial charge >= 0.3 is 0 Å². The number of benzene rings is 1. The molecule has 2 nitrogen and oxygen atoms in total. The largest absolute Gasteiger partial charge is 0.331 e. The molecule has 0 heterocycles. The predicted molar refractivity (Wildman–Crippen MR) is 45.7 cm³/mol. The van der Waals surface area contributed by atoms with Gasteiger partial charge in [-0.1, -0.05) is 0 Å².